The largest absolute Gasteiger partial charge is 0.416 e. The minimum atomic E-state index is -4.42. The number of alkyl halides is 3. The molecule has 5 N–H and O–H groups in total. The number of anilines is 1. The minimum absolute atomic E-state index is 0.0515. The molecule has 0 amide bonds. The van der Waals surface area contributed by atoms with E-state index in [0.717, 1.165) is 12.1 Å². The third kappa shape index (κ3) is 3.61. The molecule has 0 aliphatic heterocycles. The van der Waals surface area contributed by atoms with Crippen molar-refractivity contribution in [2.24, 2.45) is 5.73 Å². The molecule has 0 bridgehead atoms. The van der Waals surface area contributed by atoms with Crippen molar-refractivity contribution in [3.63, 3.8) is 0 Å². The molecular weight excluding hydrogens is 233 g/mol. The number of nitrogen functional groups attached to an aromatic ring is 1. The number of nitrogens with two attached hydrogens (primary N) is 2. The smallest absolute Gasteiger partial charge is 0.398 e. The van der Waals surface area contributed by atoms with E-state index in [4.69, 9.17) is 11.5 Å². The molecule has 0 saturated carbocycles. The molecule has 1 atom stereocenters. The molecule has 1 rings (SSSR count). The van der Waals surface area contributed by atoms with Gasteiger partial charge in [0, 0.05) is 11.3 Å². The van der Waals surface area contributed by atoms with Gasteiger partial charge in [-0.25, -0.2) is 0 Å². The summed E-state index contributed by atoms with van der Waals surface area (Å²) >= 11 is 0. The van der Waals surface area contributed by atoms with Gasteiger partial charge in [0.25, 0.3) is 0 Å². The molecule has 0 aliphatic rings. The standard InChI is InChI=1S/C11H15F3N2O/c12-11(13,14)7-3-4-8(9(16)6-7)10(17)2-1-5-15/h3-4,6,10,17H,1-2,5,15-16H2. The van der Waals surface area contributed by atoms with Crippen molar-refractivity contribution < 1.29 is 18.3 Å². The van der Waals surface area contributed by atoms with Gasteiger partial charge in [-0.2, -0.15) is 13.2 Å². The minimum Gasteiger partial charge on any atom is -0.398 e. The van der Waals surface area contributed by atoms with Crippen LogP contribution < -0.4 is 11.5 Å². The van der Waals surface area contributed by atoms with Gasteiger partial charge in [-0.15, -0.1) is 0 Å². The molecule has 0 radical (unpaired) electrons. The summed E-state index contributed by atoms with van der Waals surface area (Å²) in [6.07, 6.45) is -4.33. The first-order chi connectivity index (χ1) is 7.86. The highest BCUT2D eigenvalue weighted by atomic mass is 19.4. The van der Waals surface area contributed by atoms with E-state index < -0.39 is 17.8 Å². The summed E-state index contributed by atoms with van der Waals surface area (Å²) < 4.78 is 37.1. The summed E-state index contributed by atoms with van der Waals surface area (Å²) in [5.74, 6) is 0. The second-order valence-electron chi connectivity index (χ2n) is 3.79. The average Bonchev–Trinajstić information content (AvgIpc) is 2.24. The molecule has 0 fully saturated rings. The van der Waals surface area contributed by atoms with E-state index in [-0.39, 0.29) is 5.69 Å². The number of aliphatic hydroxyl groups excluding tert-OH is 1. The molecule has 0 aliphatic carbocycles. The molecule has 1 aromatic rings. The van der Waals surface area contributed by atoms with Crippen LogP contribution in [0.5, 0.6) is 0 Å². The highest BCUT2D eigenvalue weighted by Crippen LogP contribution is 2.33. The molecule has 3 nitrogen and oxygen atoms in total. The van der Waals surface area contributed by atoms with Crippen molar-refractivity contribution >= 4 is 5.69 Å². The maximum atomic E-state index is 12.4. The Bertz CT molecular complexity index is 379. The van der Waals surface area contributed by atoms with E-state index in [9.17, 15) is 18.3 Å². The topological polar surface area (TPSA) is 72.3 Å². The Labute approximate surface area is 97.2 Å². The van der Waals surface area contributed by atoms with Crippen LogP contribution in [0.1, 0.15) is 30.1 Å². The van der Waals surface area contributed by atoms with Crippen molar-refractivity contribution in [2.75, 3.05) is 12.3 Å². The number of benzene rings is 1. The fraction of sp³-hybridized carbons (Fsp3) is 0.455. The molecule has 0 saturated heterocycles. The van der Waals surface area contributed by atoms with E-state index in [2.05, 4.69) is 0 Å². The van der Waals surface area contributed by atoms with Crippen molar-refractivity contribution in [3.8, 4) is 0 Å². The van der Waals surface area contributed by atoms with Gasteiger partial charge >= 0.3 is 6.18 Å². The van der Waals surface area contributed by atoms with Crippen molar-refractivity contribution in [3.05, 3.63) is 29.3 Å². The molecule has 0 aromatic heterocycles. The summed E-state index contributed by atoms with van der Waals surface area (Å²) in [6, 6.07) is 2.96. The third-order valence-electron chi connectivity index (χ3n) is 2.45. The van der Waals surface area contributed by atoms with E-state index in [1.54, 1.807) is 0 Å². The van der Waals surface area contributed by atoms with Crippen LogP contribution in [0.3, 0.4) is 0 Å². The lowest BCUT2D eigenvalue weighted by Gasteiger charge is -2.15. The van der Waals surface area contributed by atoms with E-state index in [0.29, 0.717) is 24.9 Å². The van der Waals surface area contributed by atoms with E-state index in [1.807, 2.05) is 0 Å². The molecule has 0 heterocycles. The summed E-state index contributed by atoms with van der Waals surface area (Å²) in [7, 11) is 0. The monoisotopic (exact) mass is 248 g/mol. The zero-order valence-corrected chi connectivity index (χ0v) is 9.17. The van der Waals surface area contributed by atoms with Gasteiger partial charge < -0.3 is 16.6 Å². The Hall–Kier alpha value is -1.27. The lowest BCUT2D eigenvalue weighted by Crippen LogP contribution is -2.09. The quantitative estimate of drug-likeness (QED) is 0.714. The Morgan fingerprint density at radius 1 is 1.29 bits per heavy atom. The third-order valence-corrected chi connectivity index (χ3v) is 2.45. The molecule has 1 aromatic carbocycles. The summed E-state index contributed by atoms with van der Waals surface area (Å²) in [4.78, 5) is 0. The van der Waals surface area contributed by atoms with Crippen LogP contribution in [0.4, 0.5) is 18.9 Å². The first kappa shape index (κ1) is 13.8. The zero-order valence-electron chi connectivity index (χ0n) is 9.17. The lowest BCUT2D eigenvalue weighted by atomic mass is 10.0. The molecule has 0 spiro atoms. The first-order valence-corrected chi connectivity index (χ1v) is 5.21. The number of rotatable bonds is 4. The maximum Gasteiger partial charge on any atom is 0.416 e. The van der Waals surface area contributed by atoms with Crippen LogP contribution in [-0.2, 0) is 6.18 Å². The predicted molar refractivity (Wildman–Crippen MR) is 59.1 cm³/mol. The Balaban J connectivity index is 2.90. The average molecular weight is 248 g/mol. The van der Waals surface area contributed by atoms with E-state index >= 15 is 0 Å². The Morgan fingerprint density at radius 3 is 2.41 bits per heavy atom. The molecule has 96 valence electrons. The Morgan fingerprint density at radius 2 is 1.94 bits per heavy atom. The highest BCUT2D eigenvalue weighted by molar-refractivity contribution is 5.50. The van der Waals surface area contributed by atoms with Crippen LogP contribution in [0, 0.1) is 0 Å². The van der Waals surface area contributed by atoms with Gasteiger partial charge in [-0.3, -0.25) is 0 Å². The predicted octanol–water partition coefficient (Wildman–Crippen LogP) is 2.06. The van der Waals surface area contributed by atoms with Crippen molar-refractivity contribution in [1.29, 1.82) is 0 Å². The van der Waals surface area contributed by atoms with Gasteiger partial charge in [-0.05, 0) is 31.5 Å². The van der Waals surface area contributed by atoms with Crippen LogP contribution in [0.25, 0.3) is 0 Å². The summed E-state index contributed by atoms with van der Waals surface area (Å²) in [5, 5.41) is 9.71. The maximum absolute atomic E-state index is 12.4. The van der Waals surface area contributed by atoms with Gasteiger partial charge in [0.2, 0.25) is 0 Å². The SMILES string of the molecule is NCCCC(O)c1ccc(C(F)(F)F)cc1N. The second kappa shape index (κ2) is 5.37. The number of aliphatic hydroxyl groups is 1. The lowest BCUT2D eigenvalue weighted by molar-refractivity contribution is -0.137. The van der Waals surface area contributed by atoms with Crippen LogP contribution in [0.15, 0.2) is 18.2 Å². The van der Waals surface area contributed by atoms with Crippen LogP contribution >= 0.6 is 0 Å². The normalized spacial score (nSPS) is 13.7. The van der Waals surface area contributed by atoms with Crippen LogP contribution in [-0.4, -0.2) is 11.7 Å². The van der Waals surface area contributed by atoms with Crippen molar-refractivity contribution in [2.45, 2.75) is 25.1 Å². The molecule has 17 heavy (non-hydrogen) atoms. The van der Waals surface area contributed by atoms with Gasteiger partial charge in [0.05, 0.1) is 11.7 Å². The summed E-state index contributed by atoms with van der Waals surface area (Å²) in [5.41, 5.74) is 10.2. The van der Waals surface area contributed by atoms with Crippen LogP contribution in [0.2, 0.25) is 0 Å². The molecule has 1 unspecified atom stereocenters. The van der Waals surface area contributed by atoms with Gasteiger partial charge in [-0.1, -0.05) is 6.07 Å². The molecular formula is C11H15F3N2O. The molecule has 6 heteroatoms. The number of halogens is 3. The van der Waals surface area contributed by atoms with Gasteiger partial charge in [0.1, 0.15) is 0 Å². The summed E-state index contributed by atoms with van der Waals surface area (Å²) in [6.45, 7) is 0.414. The van der Waals surface area contributed by atoms with E-state index in [1.165, 1.54) is 6.07 Å². The first-order valence-electron chi connectivity index (χ1n) is 5.21. The fourth-order valence-corrected chi connectivity index (χ4v) is 1.52. The van der Waals surface area contributed by atoms with Crippen molar-refractivity contribution in [1.82, 2.24) is 0 Å². The second-order valence-corrected chi connectivity index (χ2v) is 3.79. The zero-order chi connectivity index (χ0) is 13.1. The van der Waals surface area contributed by atoms with Gasteiger partial charge in [0.15, 0.2) is 0 Å². The fourth-order valence-electron chi connectivity index (χ4n) is 1.52. The Kier molecular flexibility index (Phi) is 4.36. The highest BCUT2D eigenvalue weighted by Gasteiger charge is 2.31. The number of hydrogen-bond acceptors (Lipinski definition) is 3. The number of hydrogen-bond donors (Lipinski definition) is 3.